The van der Waals surface area contributed by atoms with Crippen molar-refractivity contribution in [2.24, 2.45) is 17.8 Å². The lowest BCUT2D eigenvalue weighted by Gasteiger charge is -2.20. The summed E-state index contributed by atoms with van der Waals surface area (Å²) < 4.78 is 11.2. The molecule has 0 saturated heterocycles. The average molecular weight is 311 g/mol. The first-order chi connectivity index (χ1) is 11.3. The third-order valence-corrected chi connectivity index (χ3v) is 5.24. The van der Waals surface area contributed by atoms with Gasteiger partial charge in [-0.15, -0.1) is 0 Å². The van der Waals surface area contributed by atoms with Crippen LogP contribution in [0.3, 0.4) is 0 Å². The Morgan fingerprint density at radius 2 is 2.04 bits per heavy atom. The van der Waals surface area contributed by atoms with Gasteiger partial charge < -0.3 is 9.47 Å². The average Bonchev–Trinajstić information content (AvgIpc) is 3.22. The number of hydrogen-bond acceptors (Lipinski definition) is 4. The van der Waals surface area contributed by atoms with Crippen molar-refractivity contribution in [2.45, 2.75) is 25.7 Å². The van der Waals surface area contributed by atoms with Crippen molar-refractivity contribution in [1.82, 2.24) is 4.98 Å². The molecule has 0 N–H and O–H groups in total. The molecule has 1 aromatic heterocycles. The van der Waals surface area contributed by atoms with E-state index in [2.05, 4.69) is 4.98 Å². The number of benzene rings is 1. The first kappa shape index (κ1) is 14.5. The monoisotopic (exact) mass is 311 g/mol. The highest BCUT2D eigenvalue weighted by atomic mass is 16.6. The van der Waals surface area contributed by atoms with Crippen molar-refractivity contribution in [3.05, 3.63) is 36.5 Å². The van der Waals surface area contributed by atoms with E-state index in [0.717, 1.165) is 29.0 Å². The Morgan fingerprint density at radius 3 is 2.87 bits per heavy atom. The van der Waals surface area contributed by atoms with Crippen molar-refractivity contribution in [2.75, 3.05) is 13.2 Å². The summed E-state index contributed by atoms with van der Waals surface area (Å²) in [6.07, 6.45) is 6.48. The van der Waals surface area contributed by atoms with Crippen LogP contribution in [0.2, 0.25) is 0 Å². The fourth-order valence-electron chi connectivity index (χ4n) is 4.13. The van der Waals surface area contributed by atoms with Crippen molar-refractivity contribution in [1.29, 1.82) is 0 Å². The van der Waals surface area contributed by atoms with E-state index in [1.165, 1.54) is 19.3 Å². The first-order valence-corrected chi connectivity index (χ1v) is 8.44. The van der Waals surface area contributed by atoms with E-state index < -0.39 is 0 Å². The molecular weight excluding hydrogens is 290 g/mol. The van der Waals surface area contributed by atoms with Gasteiger partial charge in [0.15, 0.2) is 0 Å². The Hall–Kier alpha value is -2.10. The summed E-state index contributed by atoms with van der Waals surface area (Å²) in [5.74, 6) is 2.22. The van der Waals surface area contributed by atoms with Crippen LogP contribution < -0.4 is 4.74 Å². The highest BCUT2D eigenvalue weighted by Crippen LogP contribution is 2.48. The second kappa shape index (κ2) is 6.19. The smallest absolute Gasteiger partial charge is 0.309 e. The van der Waals surface area contributed by atoms with Gasteiger partial charge in [0.2, 0.25) is 0 Å². The molecule has 2 aromatic rings. The Morgan fingerprint density at radius 1 is 1.13 bits per heavy atom. The normalized spacial score (nSPS) is 25.7. The second-order valence-electron chi connectivity index (χ2n) is 6.62. The Labute approximate surface area is 135 Å². The minimum atomic E-state index is -0.0274. The van der Waals surface area contributed by atoms with Crippen molar-refractivity contribution in [3.63, 3.8) is 0 Å². The lowest BCUT2D eigenvalue weighted by atomic mass is 9.89. The summed E-state index contributed by atoms with van der Waals surface area (Å²) in [6.45, 7) is 0.684. The van der Waals surface area contributed by atoms with Crippen LogP contribution in [0.5, 0.6) is 5.75 Å². The molecule has 4 nitrogen and oxygen atoms in total. The highest BCUT2D eigenvalue weighted by molar-refractivity contribution is 5.84. The zero-order valence-electron chi connectivity index (χ0n) is 13.1. The van der Waals surface area contributed by atoms with E-state index >= 15 is 0 Å². The molecular formula is C19H21NO3. The van der Waals surface area contributed by atoms with Gasteiger partial charge >= 0.3 is 5.97 Å². The highest BCUT2D eigenvalue weighted by Gasteiger charge is 2.43. The lowest BCUT2D eigenvalue weighted by Crippen LogP contribution is -2.24. The van der Waals surface area contributed by atoms with Crippen molar-refractivity contribution >= 4 is 16.9 Å². The van der Waals surface area contributed by atoms with Gasteiger partial charge in [-0.25, -0.2) is 0 Å². The summed E-state index contributed by atoms with van der Waals surface area (Å²) in [5, 5.41) is 0.981. The van der Waals surface area contributed by atoms with E-state index in [9.17, 15) is 4.79 Å². The fourth-order valence-corrected chi connectivity index (χ4v) is 4.13. The van der Waals surface area contributed by atoms with E-state index in [0.29, 0.717) is 19.1 Å². The van der Waals surface area contributed by atoms with Gasteiger partial charge in [-0.1, -0.05) is 18.6 Å². The summed E-state index contributed by atoms with van der Waals surface area (Å²) in [7, 11) is 0. The van der Waals surface area contributed by atoms with E-state index in [-0.39, 0.29) is 11.9 Å². The van der Waals surface area contributed by atoms with Crippen molar-refractivity contribution < 1.29 is 14.3 Å². The molecule has 3 atom stereocenters. The summed E-state index contributed by atoms with van der Waals surface area (Å²) in [4.78, 5) is 16.5. The molecule has 2 bridgehead atoms. The molecule has 2 fully saturated rings. The summed E-state index contributed by atoms with van der Waals surface area (Å²) >= 11 is 0. The van der Waals surface area contributed by atoms with Crippen LogP contribution in [0, 0.1) is 17.8 Å². The van der Waals surface area contributed by atoms with Crippen LogP contribution >= 0.6 is 0 Å². The minimum Gasteiger partial charge on any atom is -0.489 e. The number of carbonyl (C=O) groups excluding carboxylic acids is 1. The van der Waals surface area contributed by atoms with Crippen LogP contribution in [0.1, 0.15) is 25.7 Å². The Bertz CT molecular complexity index is 709. The number of esters is 1. The Kier molecular flexibility index (Phi) is 3.90. The van der Waals surface area contributed by atoms with Crippen LogP contribution in [0.25, 0.3) is 10.9 Å². The molecule has 0 aliphatic heterocycles. The van der Waals surface area contributed by atoms with Gasteiger partial charge in [-0.2, -0.15) is 0 Å². The molecule has 2 saturated carbocycles. The maximum atomic E-state index is 12.2. The molecule has 3 unspecified atom stereocenters. The molecule has 23 heavy (non-hydrogen) atoms. The molecule has 0 amide bonds. The van der Waals surface area contributed by atoms with Crippen LogP contribution in [-0.4, -0.2) is 24.2 Å². The predicted octanol–water partition coefficient (Wildman–Crippen LogP) is 3.59. The van der Waals surface area contributed by atoms with Crippen LogP contribution in [-0.2, 0) is 9.53 Å². The molecule has 0 spiro atoms. The summed E-state index contributed by atoms with van der Waals surface area (Å²) in [6, 6.07) is 9.71. The molecule has 2 aliphatic carbocycles. The van der Waals surface area contributed by atoms with E-state index in [1.54, 1.807) is 6.20 Å². The number of fused-ring (bicyclic) bond motifs is 3. The molecule has 2 aliphatic rings. The SMILES string of the molecule is O=C(OCCOc1ccnc2ccccc12)C1CC2CCC1C2. The van der Waals surface area contributed by atoms with E-state index in [4.69, 9.17) is 9.47 Å². The van der Waals surface area contributed by atoms with Gasteiger partial charge in [0.1, 0.15) is 19.0 Å². The molecule has 1 aromatic carbocycles. The topological polar surface area (TPSA) is 48.4 Å². The third kappa shape index (κ3) is 2.90. The molecule has 4 heteroatoms. The standard InChI is InChI=1S/C19H21NO3/c21-19(16-12-13-5-6-14(16)11-13)23-10-9-22-18-7-8-20-17-4-2-1-3-15(17)18/h1-4,7-8,13-14,16H,5-6,9-12H2. The number of para-hydroxylation sites is 1. The number of pyridine rings is 1. The maximum absolute atomic E-state index is 12.2. The predicted molar refractivity (Wildman–Crippen MR) is 87.1 cm³/mol. The second-order valence-corrected chi connectivity index (χ2v) is 6.62. The zero-order chi connectivity index (χ0) is 15.6. The first-order valence-electron chi connectivity index (χ1n) is 8.44. The summed E-state index contributed by atoms with van der Waals surface area (Å²) in [5.41, 5.74) is 0.906. The van der Waals surface area contributed by atoms with Gasteiger partial charge in [0.25, 0.3) is 0 Å². The van der Waals surface area contributed by atoms with Gasteiger partial charge in [-0.3, -0.25) is 9.78 Å². The quantitative estimate of drug-likeness (QED) is 0.625. The number of hydrogen-bond donors (Lipinski definition) is 0. The number of rotatable bonds is 5. The number of carbonyl (C=O) groups is 1. The van der Waals surface area contributed by atoms with E-state index in [1.807, 2.05) is 30.3 Å². The molecule has 1 heterocycles. The molecule has 4 rings (SSSR count). The lowest BCUT2D eigenvalue weighted by molar-refractivity contribution is -0.151. The molecule has 0 radical (unpaired) electrons. The largest absolute Gasteiger partial charge is 0.489 e. The van der Waals surface area contributed by atoms with Crippen LogP contribution in [0.4, 0.5) is 0 Å². The fraction of sp³-hybridized carbons (Fsp3) is 0.474. The van der Waals surface area contributed by atoms with Gasteiger partial charge in [-0.05, 0) is 49.3 Å². The van der Waals surface area contributed by atoms with Gasteiger partial charge in [0, 0.05) is 11.6 Å². The number of aromatic nitrogens is 1. The number of nitrogens with zero attached hydrogens (tertiary/aromatic N) is 1. The third-order valence-electron chi connectivity index (χ3n) is 5.24. The Balaban J connectivity index is 1.29. The number of ether oxygens (including phenoxy) is 2. The minimum absolute atomic E-state index is 0.0274. The van der Waals surface area contributed by atoms with Crippen molar-refractivity contribution in [3.8, 4) is 5.75 Å². The van der Waals surface area contributed by atoms with Crippen LogP contribution in [0.15, 0.2) is 36.5 Å². The van der Waals surface area contributed by atoms with Gasteiger partial charge in [0.05, 0.1) is 11.4 Å². The molecule has 120 valence electrons. The zero-order valence-corrected chi connectivity index (χ0v) is 13.1. The maximum Gasteiger partial charge on any atom is 0.309 e.